The van der Waals surface area contributed by atoms with Gasteiger partial charge < -0.3 is 14.8 Å². The first-order chi connectivity index (χ1) is 11.8. The van der Waals surface area contributed by atoms with Gasteiger partial charge in [-0.1, -0.05) is 17.7 Å². The zero-order valence-corrected chi connectivity index (χ0v) is 15.0. The van der Waals surface area contributed by atoms with Gasteiger partial charge in [0.05, 0.1) is 6.07 Å². The Labute approximate surface area is 148 Å². The van der Waals surface area contributed by atoms with Crippen LogP contribution in [0.25, 0.3) is 0 Å². The highest BCUT2D eigenvalue weighted by atomic mass is 16.6. The largest absolute Gasteiger partial charge is 0.481 e. The van der Waals surface area contributed by atoms with Crippen LogP contribution in [0.3, 0.4) is 0 Å². The molecule has 0 saturated heterocycles. The summed E-state index contributed by atoms with van der Waals surface area (Å²) in [5.74, 6) is -0.423. The van der Waals surface area contributed by atoms with Crippen molar-refractivity contribution in [2.75, 3.05) is 13.2 Å². The maximum atomic E-state index is 11.9. The monoisotopic (exact) mass is 344 g/mol. The summed E-state index contributed by atoms with van der Waals surface area (Å²) in [5, 5.41) is 11.9. The molecule has 1 saturated carbocycles. The lowest BCUT2D eigenvalue weighted by Gasteiger charge is -2.21. The minimum Gasteiger partial charge on any atom is -0.481 e. The number of aryl methyl sites for hydroxylation is 3. The minimum absolute atomic E-state index is 0.262. The topological polar surface area (TPSA) is 88.4 Å². The number of ether oxygens (including phenoxy) is 2. The standard InChI is InChI=1S/C19H24N2O4/c1-13-8-14(2)18(15(3)9-13)25-11-17(23)24-10-16(22)21-19(12-20)6-4-5-7-19/h8-9H,4-7,10-11H2,1-3H3,(H,21,22). The molecule has 0 bridgehead atoms. The van der Waals surface area contributed by atoms with Crippen molar-refractivity contribution in [2.45, 2.75) is 52.0 Å². The number of benzene rings is 1. The molecule has 0 aromatic heterocycles. The van der Waals surface area contributed by atoms with E-state index in [1.54, 1.807) is 0 Å². The van der Waals surface area contributed by atoms with Crippen LogP contribution in [-0.4, -0.2) is 30.6 Å². The zero-order chi connectivity index (χ0) is 18.4. The van der Waals surface area contributed by atoms with Gasteiger partial charge in [0, 0.05) is 0 Å². The van der Waals surface area contributed by atoms with Crippen molar-refractivity contribution in [2.24, 2.45) is 0 Å². The van der Waals surface area contributed by atoms with E-state index in [0.717, 1.165) is 29.5 Å². The van der Waals surface area contributed by atoms with Crippen LogP contribution in [0, 0.1) is 32.1 Å². The number of carbonyl (C=O) groups excluding carboxylic acids is 2. The lowest BCUT2D eigenvalue weighted by molar-refractivity contribution is -0.150. The third kappa shape index (κ3) is 4.96. The van der Waals surface area contributed by atoms with Gasteiger partial charge in [-0.25, -0.2) is 4.79 Å². The zero-order valence-electron chi connectivity index (χ0n) is 15.0. The highest BCUT2D eigenvalue weighted by Gasteiger charge is 2.35. The molecule has 0 spiro atoms. The molecular weight excluding hydrogens is 320 g/mol. The highest BCUT2D eigenvalue weighted by molar-refractivity contribution is 5.81. The van der Waals surface area contributed by atoms with Gasteiger partial charge in [-0.05, 0) is 57.6 Å². The quantitative estimate of drug-likeness (QED) is 0.801. The maximum absolute atomic E-state index is 11.9. The second-order valence-electron chi connectivity index (χ2n) is 6.63. The van der Waals surface area contributed by atoms with E-state index < -0.39 is 24.0 Å². The maximum Gasteiger partial charge on any atom is 0.344 e. The van der Waals surface area contributed by atoms with Crippen LogP contribution in [0.4, 0.5) is 0 Å². The van der Waals surface area contributed by atoms with Gasteiger partial charge in [0.1, 0.15) is 11.3 Å². The van der Waals surface area contributed by atoms with E-state index in [1.807, 2.05) is 32.9 Å². The van der Waals surface area contributed by atoms with Crippen molar-refractivity contribution in [3.63, 3.8) is 0 Å². The average Bonchev–Trinajstić information content (AvgIpc) is 3.01. The Balaban J connectivity index is 1.79. The molecule has 0 atom stereocenters. The molecule has 0 heterocycles. The Kier molecular flexibility index (Phi) is 6.02. The number of esters is 1. The lowest BCUT2D eigenvalue weighted by atomic mass is 10.00. The molecule has 2 rings (SSSR count). The minimum atomic E-state index is -0.809. The fourth-order valence-corrected chi connectivity index (χ4v) is 3.26. The van der Waals surface area contributed by atoms with Gasteiger partial charge in [-0.2, -0.15) is 5.26 Å². The normalized spacial score (nSPS) is 15.3. The van der Waals surface area contributed by atoms with Crippen LogP contribution in [0.5, 0.6) is 5.75 Å². The summed E-state index contributed by atoms with van der Waals surface area (Å²) in [6, 6.07) is 6.11. The highest BCUT2D eigenvalue weighted by Crippen LogP contribution is 2.28. The van der Waals surface area contributed by atoms with E-state index in [0.29, 0.717) is 18.6 Å². The van der Waals surface area contributed by atoms with E-state index in [9.17, 15) is 14.9 Å². The number of nitrogens with zero attached hydrogens (tertiary/aromatic N) is 1. The summed E-state index contributed by atoms with van der Waals surface area (Å²) in [4.78, 5) is 23.7. The number of amides is 1. The van der Waals surface area contributed by atoms with Crippen molar-refractivity contribution >= 4 is 11.9 Å². The first-order valence-electron chi connectivity index (χ1n) is 8.44. The van der Waals surface area contributed by atoms with Gasteiger partial charge >= 0.3 is 5.97 Å². The predicted octanol–water partition coefficient (Wildman–Crippen LogP) is 2.49. The summed E-state index contributed by atoms with van der Waals surface area (Å²) in [6.07, 6.45) is 3.10. The second-order valence-corrected chi connectivity index (χ2v) is 6.63. The lowest BCUT2D eigenvalue weighted by Crippen LogP contribution is -2.46. The molecule has 1 amide bonds. The molecule has 1 aliphatic carbocycles. The smallest absolute Gasteiger partial charge is 0.344 e. The number of nitrogens with one attached hydrogen (secondary N) is 1. The van der Waals surface area contributed by atoms with E-state index in [-0.39, 0.29) is 6.61 Å². The summed E-state index contributed by atoms with van der Waals surface area (Å²) >= 11 is 0. The SMILES string of the molecule is Cc1cc(C)c(OCC(=O)OCC(=O)NC2(C#N)CCCC2)c(C)c1. The van der Waals surface area contributed by atoms with Gasteiger partial charge in [0.15, 0.2) is 13.2 Å². The van der Waals surface area contributed by atoms with Gasteiger partial charge in [-0.15, -0.1) is 0 Å². The molecule has 6 nitrogen and oxygen atoms in total. The number of rotatable bonds is 6. The third-order valence-corrected chi connectivity index (χ3v) is 4.35. The molecular formula is C19H24N2O4. The fraction of sp³-hybridized carbons (Fsp3) is 0.526. The van der Waals surface area contributed by atoms with E-state index in [1.165, 1.54) is 0 Å². The molecule has 1 aromatic carbocycles. The first kappa shape index (κ1) is 18.8. The summed E-state index contributed by atoms with van der Waals surface area (Å²) in [7, 11) is 0. The Bertz CT molecular complexity index is 677. The van der Waals surface area contributed by atoms with E-state index in [2.05, 4.69) is 11.4 Å². The average molecular weight is 344 g/mol. The summed E-state index contributed by atoms with van der Waals surface area (Å²) in [6.45, 7) is 5.15. The van der Waals surface area contributed by atoms with Crippen LogP contribution >= 0.6 is 0 Å². The van der Waals surface area contributed by atoms with Crippen LogP contribution in [0.15, 0.2) is 12.1 Å². The van der Waals surface area contributed by atoms with E-state index in [4.69, 9.17) is 9.47 Å². The molecule has 0 radical (unpaired) electrons. The van der Waals surface area contributed by atoms with Crippen molar-refractivity contribution in [1.29, 1.82) is 5.26 Å². The Hall–Kier alpha value is -2.55. The van der Waals surface area contributed by atoms with Crippen LogP contribution < -0.4 is 10.1 Å². The number of hydrogen-bond acceptors (Lipinski definition) is 5. The Morgan fingerprint density at radius 3 is 2.32 bits per heavy atom. The Morgan fingerprint density at radius 1 is 1.16 bits per heavy atom. The molecule has 0 aliphatic heterocycles. The van der Waals surface area contributed by atoms with Crippen molar-refractivity contribution in [1.82, 2.24) is 5.32 Å². The first-order valence-corrected chi connectivity index (χ1v) is 8.44. The summed E-state index contributed by atoms with van der Waals surface area (Å²) < 4.78 is 10.5. The molecule has 134 valence electrons. The predicted molar refractivity (Wildman–Crippen MR) is 92.1 cm³/mol. The van der Waals surface area contributed by atoms with Crippen LogP contribution in [-0.2, 0) is 14.3 Å². The van der Waals surface area contributed by atoms with Crippen molar-refractivity contribution in [3.8, 4) is 11.8 Å². The van der Waals surface area contributed by atoms with Crippen LogP contribution in [0.2, 0.25) is 0 Å². The molecule has 1 fully saturated rings. The molecule has 1 aromatic rings. The number of nitriles is 1. The third-order valence-electron chi connectivity index (χ3n) is 4.35. The molecule has 6 heteroatoms. The van der Waals surface area contributed by atoms with Crippen molar-refractivity contribution in [3.05, 3.63) is 28.8 Å². The molecule has 25 heavy (non-hydrogen) atoms. The van der Waals surface area contributed by atoms with E-state index >= 15 is 0 Å². The molecule has 0 unspecified atom stereocenters. The molecule has 1 aliphatic rings. The van der Waals surface area contributed by atoms with Gasteiger partial charge in [0.25, 0.3) is 5.91 Å². The van der Waals surface area contributed by atoms with Crippen molar-refractivity contribution < 1.29 is 19.1 Å². The van der Waals surface area contributed by atoms with Gasteiger partial charge in [-0.3, -0.25) is 4.79 Å². The summed E-state index contributed by atoms with van der Waals surface area (Å²) in [5.41, 5.74) is 2.20. The van der Waals surface area contributed by atoms with Gasteiger partial charge in [0.2, 0.25) is 0 Å². The Morgan fingerprint density at radius 2 is 1.76 bits per heavy atom. The molecule has 1 N–H and O–H groups in total. The second kappa shape index (κ2) is 8.02. The fourth-order valence-electron chi connectivity index (χ4n) is 3.26. The number of carbonyl (C=O) groups is 2. The number of hydrogen-bond donors (Lipinski definition) is 1. The van der Waals surface area contributed by atoms with Crippen LogP contribution in [0.1, 0.15) is 42.4 Å².